The fourth-order valence-electron chi connectivity index (χ4n) is 2.68. The molecule has 2 fully saturated rings. The Bertz CT molecular complexity index is 381. The average Bonchev–Trinajstić information content (AvgIpc) is 2.52. The van der Waals surface area contributed by atoms with E-state index in [1.54, 1.807) is 0 Å². The number of carbonyl (C=O) groups excluding carboxylic acids is 3. The lowest BCUT2D eigenvalue weighted by Gasteiger charge is -2.31. The molecular weight excluding hydrogens is 228 g/mol. The normalized spacial score (nSPS) is 36.2. The number of nitrogens with two attached hydrogens (primary N) is 1. The molecule has 2 rings (SSSR count). The number of imide groups is 1. The predicted molar refractivity (Wildman–Crippen MR) is 53.2 cm³/mol. The van der Waals surface area contributed by atoms with Gasteiger partial charge in [0, 0.05) is 0 Å². The van der Waals surface area contributed by atoms with E-state index in [-0.39, 0.29) is 12.8 Å². The van der Waals surface area contributed by atoms with Gasteiger partial charge in [-0.1, -0.05) is 0 Å². The lowest BCUT2D eigenvalue weighted by atomic mass is 9.69. The second-order valence-corrected chi connectivity index (χ2v) is 4.49. The van der Waals surface area contributed by atoms with Crippen LogP contribution >= 0.6 is 0 Å². The Morgan fingerprint density at radius 2 is 1.59 bits per heavy atom. The van der Waals surface area contributed by atoms with Crippen LogP contribution in [0.15, 0.2) is 0 Å². The summed E-state index contributed by atoms with van der Waals surface area (Å²) in [7, 11) is 0. The van der Waals surface area contributed by atoms with Gasteiger partial charge in [0.1, 0.15) is 0 Å². The number of fused-ring (bicyclic) bond motifs is 1. The molecule has 4 atom stereocenters. The van der Waals surface area contributed by atoms with Gasteiger partial charge in [0.15, 0.2) is 0 Å². The molecular formula is C10H12N2O5. The van der Waals surface area contributed by atoms with Crippen molar-refractivity contribution < 1.29 is 24.3 Å². The number of hydrogen-bond acceptors (Lipinski definition) is 4. The molecule has 0 bridgehead atoms. The maximum Gasteiger partial charge on any atom is 0.307 e. The molecule has 4 N–H and O–H groups in total. The Morgan fingerprint density at radius 1 is 1.12 bits per heavy atom. The topological polar surface area (TPSA) is 127 Å². The third-order valence-electron chi connectivity index (χ3n) is 3.59. The summed E-state index contributed by atoms with van der Waals surface area (Å²) in [6.07, 6.45) is 0.0275. The van der Waals surface area contributed by atoms with Crippen LogP contribution in [-0.4, -0.2) is 28.8 Å². The van der Waals surface area contributed by atoms with Gasteiger partial charge in [-0.25, -0.2) is 0 Å². The minimum atomic E-state index is -1.15. The number of carboxylic acid groups (broad SMARTS) is 1. The summed E-state index contributed by atoms with van der Waals surface area (Å²) >= 11 is 0. The summed E-state index contributed by atoms with van der Waals surface area (Å²) in [6.45, 7) is 0. The second kappa shape index (κ2) is 3.83. The van der Waals surface area contributed by atoms with E-state index in [1.165, 1.54) is 0 Å². The van der Waals surface area contributed by atoms with E-state index >= 15 is 0 Å². The molecule has 2 aliphatic rings. The van der Waals surface area contributed by atoms with Gasteiger partial charge in [-0.3, -0.25) is 24.5 Å². The number of nitrogens with one attached hydrogen (secondary N) is 1. The minimum Gasteiger partial charge on any atom is -0.481 e. The molecule has 17 heavy (non-hydrogen) atoms. The van der Waals surface area contributed by atoms with Gasteiger partial charge in [0.05, 0.1) is 23.7 Å². The van der Waals surface area contributed by atoms with Crippen LogP contribution < -0.4 is 11.1 Å². The van der Waals surface area contributed by atoms with Crippen LogP contribution in [-0.2, 0) is 19.2 Å². The van der Waals surface area contributed by atoms with Gasteiger partial charge < -0.3 is 10.8 Å². The minimum absolute atomic E-state index is 0.00875. The zero-order valence-corrected chi connectivity index (χ0v) is 8.88. The summed E-state index contributed by atoms with van der Waals surface area (Å²) in [5.41, 5.74) is 5.14. The highest BCUT2D eigenvalue weighted by Gasteiger charge is 2.51. The zero-order chi connectivity index (χ0) is 12.7. The Morgan fingerprint density at radius 3 is 2.00 bits per heavy atom. The fraction of sp³-hybridized carbons (Fsp3) is 0.600. The quantitative estimate of drug-likeness (QED) is 0.505. The van der Waals surface area contributed by atoms with Crippen molar-refractivity contribution in [3.8, 4) is 0 Å². The highest BCUT2D eigenvalue weighted by Crippen LogP contribution is 2.40. The van der Waals surface area contributed by atoms with E-state index in [1.807, 2.05) is 0 Å². The van der Waals surface area contributed by atoms with Crippen molar-refractivity contribution in [2.45, 2.75) is 12.8 Å². The first-order valence-electron chi connectivity index (χ1n) is 5.28. The molecule has 4 unspecified atom stereocenters. The fourth-order valence-corrected chi connectivity index (χ4v) is 2.68. The van der Waals surface area contributed by atoms with Crippen molar-refractivity contribution in [3.63, 3.8) is 0 Å². The van der Waals surface area contributed by atoms with Gasteiger partial charge in [0.2, 0.25) is 17.7 Å². The molecule has 1 saturated carbocycles. The highest BCUT2D eigenvalue weighted by molar-refractivity contribution is 6.05. The van der Waals surface area contributed by atoms with Crippen LogP contribution in [0.5, 0.6) is 0 Å². The first-order valence-corrected chi connectivity index (χ1v) is 5.28. The molecule has 1 saturated heterocycles. The van der Waals surface area contributed by atoms with Crippen LogP contribution in [0.1, 0.15) is 12.8 Å². The van der Waals surface area contributed by atoms with Gasteiger partial charge in [-0.2, -0.15) is 0 Å². The van der Waals surface area contributed by atoms with E-state index in [0.29, 0.717) is 0 Å². The predicted octanol–water partition coefficient (Wildman–Crippen LogP) is -1.53. The van der Waals surface area contributed by atoms with Crippen LogP contribution in [0.2, 0.25) is 0 Å². The van der Waals surface area contributed by atoms with Crippen molar-refractivity contribution in [2.75, 3.05) is 0 Å². The molecule has 0 spiro atoms. The summed E-state index contributed by atoms with van der Waals surface area (Å²) in [6, 6.07) is 0. The van der Waals surface area contributed by atoms with E-state index in [9.17, 15) is 19.2 Å². The number of primary amides is 1. The molecule has 1 aliphatic heterocycles. The summed E-state index contributed by atoms with van der Waals surface area (Å²) in [5.74, 6) is -5.89. The lowest BCUT2D eigenvalue weighted by Crippen LogP contribution is -2.43. The van der Waals surface area contributed by atoms with E-state index in [4.69, 9.17) is 10.8 Å². The van der Waals surface area contributed by atoms with Crippen molar-refractivity contribution in [1.82, 2.24) is 5.32 Å². The van der Waals surface area contributed by atoms with Gasteiger partial charge in [-0.05, 0) is 12.8 Å². The van der Waals surface area contributed by atoms with E-state index in [2.05, 4.69) is 5.32 Å². The third-order valence-corrected chi connectivity index (χ3v) is 3.59. The van der Waals surface area contributed by atoms with Crippen LogP contribution in [0.25, 0.3) is 0 Å². The van der Waals surface area contributed by atoms with Gasteiger partial charge in [-0.15, -0.1) is 0 Å². The molecule has 3 amide bonds. The van der Waals surface area contributed by atoms with Crippen molar-refractivity contribution in [1.29, 1.82) is 0 Å². The molecule has 0 aromatic heterocycles. The van der Waals surface area contributed by atoms with Crippen molar-refractivity contribution >= 4 is 23.7 Å². The van der Waals surface area contributed by atoms with E-state index in [0.717, 1.165) is 0 Å². The van der Waals surface area contributed by atoms with Crippen molar-refractivity contribution in [3.05, 3.63) is 0 Å². The lowest BCUT2D eigenvalue weighted by molar-refractivity contribution is -0.151. The maximum atomic E-state index is 11.4. The molecule has 1 heterocycles. The molecule has 0 aromatic carbocycles. The SMILES string of the molecule is NC(=O)C1CC2C(=O)NC(=O)C2CC1C(=O)O. The number of carbonyl (C=O) groups is 4. The third kappa shape index (κ3) is 1.77. The second-order valence-electron chi connectivity index (χ2n) is 4.49. The molecule has 7 heteroatoms. The number of hydrogen-bond donors (Lipinski definition) is 3. The molecule has 1 aliphatic carbocycles. The zero-order valence-electron chi connectivity index (χ0n) is 8.88. The van der Waals surface area contributed by atoms with Crippen LogP contribution in [0.4, 0.5) is 0 Å². The number of rotatable bonds is 2. The first-order chi connectivity index (χ1) is 7.91. The largest absolute Gasteiger partial charge is 0.481 e. The Hall–Kier alpha value is -1.92. The number of carboxylic acids is 1. The highest BCUT2D eigenvalue weighted by atomic mass is 16.4. The van der Waals surface area contributed by atoms with Crippen LogP contribution in [0, 0.1) is 23.7 Å². The van der Waals surface area contributed by atoms with Gasteiger partial charge in [0.25, 0.3) is 0 Å². The summed E-state index contributed by atoms with van der Waals surface area (Å²) < 4.78 is 0. The number of aliphatic carboxylic acids is 1. The smallest absolute Gasteiger partial charge is 0.307 e. The maximum absolute atomic E-state index is 11.4. The monoisotopic (exact) mass is 240 g/mol. The Kier molecular flexibility index (Phi) is 2.60. The van der Waals surface area contributed by atoms with Crippen molar-refractivity contribution in [2.24, 2.45) is 29.4 Å². The first kappa shape index (κ1) is 11.6. The average molecular weight is 240 g/mol. The molecule has 92 valence electrons. The Balaban J connectivity index is 2.27. The molecule has 0 radical (unpaired) electrons. The Labute approximate surface area is 96.3 Å². The standard InChI is InChI=1S/C10H12N2O5/c11-7(13)3-1-4-5(2-6(3)10(16)17)9(15)12-8(4)14/h3-6H,1-2H2,(H2,11,13)(H,16,17)(H,12,14,15). The number of amides is 3. The van der Waals surface area contributed by atoms with Gasteiger partial charge >= 0.3 is 5.97 Å². The molecule has 7 nitrogen and oxygen atoms in total. The molecule has 0 aromatic rings. The van der Waals surface area contributed by atoms with Crippen LogP contribution in [0.3, 0.4) is 0 Å². The van der Waals surface area contributed by atoms with E-state index < -0.39 is 47.4 Å². The summed E-state index contributed by atoms with van der Waals surface area (Å²) in [4.78, 5) is 45.1. The summed E-state index contributed by atoms with van der Waals surface area (Å²) in [5, 5.41) is 11.2.